The number of nitrogens with zero attached hydrogens (tertiary/aromatic N) is 1. The van der Waals surface area contributed by atoms with Crippen LogP contribution in [-0.4, -0.2) is 29.9 Å². The Morgan fingerprint density at radius 1 is 1.14 bits per heavy atom. The zero-order valence-corrected chi connectivity index (χ0v) is 17.3. The minimum Gasteiger partial charge on any atom is -0.497 e. The molecule has 6 heteroatoms. The Kier molecular flexibility index (Phi) is 8.33. The maximum absolute atomic E-state index is 12.7. The van der Waals surface area contributed by atoms with Crippen LogP contribution >= 0.6 is 11.6 Å². The highest BCUT2D eigenvalue weighted by molar-refractivity contribution is 6.31. The van der Waals surface area contributed by atoms with Crippen molar-refractivity contribution in [1.82, 2.24) is 10.2 Å². The first-order valence-corrected chi connectivity index (χ1v) is 9.77. The van der Waals surface area contributed by atoms with E-state index in [1.54, 1.807) is 25.0 Å². The van der Waals surface area contributed by atoms with E-state index in [4.69, 9.17) is 16.3 Å². The summed E-state index contributed by atoms with van der Waals surface area (Å²) in [6.45, 7) is 4.38. The molecule has 0 heterocycles. The lowest BCUT2D eigenvalue weighted by atomic mass is 10.1. The molecule has 1 N–H and O–H groups in total. The maximum atomic E-state index is 12.7. The molecule has 150 valence electrons. The third-order valence-corrected chi connectivity index (χ3v) is 4.92. The molecular weight excluding hydrogens is 376 g/mol. The van der Waals surface area contributed by atoms with Crippen LogP contribution in [0, 0.1) is 0 Å². The number of halogens is 1. The van der Waals surface area contributed by atoms with Crippen molar-refractivity contribution in [2.75, 3.05) is 7.11 Å². The van der Waals surface area contributed by atoms with Gasteiger partial charge in [-0.15, -0.1) is 0 Å². The van der Waals surface area contributed by atoms with Gasteiger partial charge in [0.05, 0.1) is 7.11 Å². The second-order valence-electron chi connectivity index (χ2n) is 6.60. The van der Waals surface area contributed by atoms with Gasteiger partial charge >= 0.3 is 0 Å². The van der Waals surface area contributed by atoms with Crippen molar-refractivity contribution >= 4 is 23.4 Å². The summed E-state index contributed by atoms with van der Waals surface area (Å²) in [7, 11) is 1.61. The topological polar surface area (TPSA) is 58.6 Å². The first-order valence-electron chi connectivity index (χ1n) is 9.39. The van der Waals surface area contributed by atoms with Gasteiger partial charge in [-0.1, -0.05) is 48.9 Å². The molecule has 2 aromatic rings. The molecule has 0 aromatic heterocycles. The van der Waals surface area contributed by atoms with E-state index in [1.165, 1.54) is 0 Å². The van der Waals surface area contributed by atoms with Gasteiger partial charge in [0, 0.05) is 24.5 Å². The number of ether oxygens (including phenoxy) is 1. The monoisotopic (exact) mass is 402 g/mol. The second-order valence-corrected chi connectivity index (χ2v) is 7.01. The lowest BCUT2D eigenvalue weighted by Crippen LogP contribution is -2.47. The van der Waals surface area contributed by atoms with Gasteiger partial charge in [-0.05, 0) is 42.7 Å². The number of rotatable bonds is 9. The van der Waals surface area contributed by atoms with E-state index in [9.17, 15) is 9.59 Å². The average Bonchev–Trinajstić information content (AvgIpc) is 2.71. The van der Waals surface area contributed by atoms with Crippen molar-refractivity contribution in [3.63, 3.8) is 0 Å². The number of carbonyl (C=O) groups is 2. The van der Waals surface area contributed by atoms with Crippen LogP contribution in [0.5, 0.6) is 5.75 Å². The van der Waals surface area contributed by atoms with Crippen LogP contribution in [0.2, 0.25) is 5.02 Å². The SMILES string of the molecule is CCCC(=O)N(Cc1ccc(OC)cc1)C(C)C(=O)NCc1ccccc1Cl. The Labute approximate surface area is 171 Å². The number of methoxy groups -OCH3 is 1. The zero-order chi connectivity index (χ0) is 20.5. The van der Waals surface area contributed by atoms with Crippen LogP contribution in [0.4, 0.5) is 0 Å². The van der Waals surface area contributed by atoms with Crippen molar-refractivity contribution in [1.29, 1.82) is 0 Å². The summed E-state index contributed by atoms with van der Waals surface area (Å²) in [5.74, 6) is 0.498. The largest absolute Gasteiger partial charge is 0.497 e. The summed E-state index contributed by atoms with van der Waals surface area (Å²) in [6, 6.07) is 14.3. The molecule has 5 nitrogen and oxygen atoms in total. The highest BCUT2D eigenvalue weighted by Gasteiger charge is 2.25. The number of hydrogen-bond acceptors (Lipinski definition) is 3. The number of benzene rings is 2. The molecule has 1 atom stereocenters. The van der Waals surface area contributed by atoms with Gasteiger partial charge in [0.25, 0.3) is 0 Å². The molecular formula is C22H27ClN2O3. The van der Waals surface area contributed by atoms with E-state index in [0.717, 1.165) is 23.3 Å². The lowest BCUT2D eigenvalue weighted by molar-refractivity contribution is -0.140. The molecule has 0 spiro atoms. The van der Waals surface area contributed by atoms with Crippen molar-refractivity contribution < 1.29 is 14.3 Å². The van der Waals surface area contributed by atoms with E-state index in [2.05, 4.69) is 5.32 Å². The molecule has 0 saturated heterocycles. The number of carbonyl (C=O) groups excluding carboxylic acids is 2. The van der Waals surface area contributed by atoms with Gasteiger partial charge in [-0.25, -0.2) is 0 Å². The normalized spacial score (nSPS) is 11.6. The van der Waals surface area contributed by atoms with Crippen LogP contribution in [0.3, 0.4) is 0 Å². The zero-order valence-electron chi connectivity index (χ0n) is 16.6. The summed E-state index contributed by atoms with van der Waals surface area (Å²) < 4.78 is 5.17. The molecule has 0 saturated carbocycles. The third-order valence-electron chi connectivity index (χ3n) is 4.55. The quantitative estimate of drug-likeness (QED) is 0.684. The van der Waals surface area contributed by atoms with E-state index in [-0.39, 0.29) is 11.8 Å². The predicted octanol–water partition coefficient (Wildman–Crippen LogP) is 4.18. The lowest BCUT2D eigenvalue weighted by Gasteiger charge is -2.29. The van der Waals surface area contributed by atoms with Crippen LogP contribution in [0.1, 0.15) is 37.8 Å². The molecule has 0 aliphatic heterocycles. The maximum Gasteiger partial charge on any atom is 0.242 e. The van der Waals surface area contributed by atoms with Crippen LogP contribution in [0.15, 0.2) is 48.5 Å². The summed E-state index contributed by atoms with van der Waals surface area (Å²) in [4.78, 5) is 27.0. The fourth-order valence-electron chi connectivity index (χ4n) is 2.84. The summed E-state index contributed by atoms with van der Waals surface area (Å²) >= 11 is 6.15. The van der Waals surface area contributed by atoms with Gasteiger partial charge in [0.2, 0.25) is 11.8 Å². The van der Waals surface area contributed by atoms with Gasteiger partial charge in [-0.2, -0.15) is 0 Å². The Morgan fingerprint density at radius 2 is 1.82 bits per heavy atom. The van der Waals surface area contributed by atoms with Gasteiger partial charge in [0.1, 0.15) is 11.8 Å². The summed E-state index contributed by atoms with van der Waals surface area (Å²) in [5.41, 5.74) is 1.78. The molecule has 0 bridgehead atoms. The first-order chi connectivity index (χ1) is 13.5. The number of hydrogen-bond donors (Lipinski definition) is 1. The van der Waals surface area contributed by atoms with E-state index in [0.29, 0.717) is 24.5 Å². The van der Waals surface area contributed by atoms with E-state index in [1.807, 2.05) is 49.4 Å². The Morgan fingerprint density at radius 3 is 2.43 bits per heavy atom. The Bertz CT molecular complexity index is 793. The summed E-state index contributed by atoms with van der Waals surface area (Å²) in [5, 5.41) is 3.49. The fraction of sp³-hybridized carbons (Fsp3) is 0.364. The standard InChI is InChI=1S/C22H27ClN2O3/c1-4-7-21(26)25(15-17-10-12-19(28-3)13-11-17)16(2)22(27)24-14-18-8-5-6-9-20(18)23/h5-6,8-13,16H,4,7,14-15H2,1-3H3,(H,24,27). The van der Waals surface area contributed by atoms with Crippen molar-refractivity contribution in [2.24, 2.45) is 0 Å². The van der Waals surface area contributed by atoms with E-state index >= 15 is 0 Å². The van der Waals surface area contributed by atoms with Gasteiger partial charge in [0.15, 0.2) is 0 Å². The minimum absolute atomic E-state index is 0.0429. The second kappa shape index (κ2) is 10.7. The van der Waals surface area contributed by atoms with Crippen LogP contribution in [0.25, 0.3) is 0 Å². The Hall–Kier alpha value is -2.53. The van der Waals surface area contributed by atoms with Crippen LogP contribution < -0.4 is 10.1 Å². The predicted molar refractivity (Wildman–Crippen MR) is 111 cm³/mol. The van der Waals surface area contributed by atoms with E-state index < -0.39 is 6.04 Å². The molecule has 0 aliphatic carbocycles. The molecule has 0 aliphatic rings. The molecule has 0 radical (unpaired) electrons. The fourth-order valence-corrected chi connectivity index (χ4v) is 3.04. The van der Waals surface area contributed by atoms with Crippen molar-refractivity contribution in [2.45, 2.75) is 45.8 Å². The van der Waals surface area contributed by atoms with Gasteiger partial charge < -0.3 is 15.0 Å². The summed E-state index contributed by atoms with van der Waals surface area (Å²) in [6.07, 6.45) is 1.13. The molecule has 0 fully saturated rings. The number of amides is 2. The minimum atomic E-state index is -0.594. The smallest absolute Gasteiger partial charge is 0.242 e. The molecule has 2 amide bonds. The highest BCUT2D eigenvalue weighted by atomic mass is 35.5. The Balaban J connectivity index is 2.08. The van der Waals surface area contributed by atoms with Gasteiger partial charge in [-0.3, -0.25) is 9.59 Å². The molecule has 1 unspecified atom stereocenters. The average molecular weight is 403 g/mol. The highest BCUT2D eigenvalue weighted by Crippen LogP contribution is 2.17. The van der Waals surface area contributed by atoms with Crippen molar-refractivity contribution in [3.05, 3.63) is 64.7 Å². The molecule has 28 heavy (non-hydrogen) atoms. The third kappa shape index (κ3) is 5.99. The molecule has 2 aromatic carbocycles. The first kappa shape index (κ1) is 21.8. The van der Waals surface area contributed by atoms with Crippen molar-refractivity contribution in [3.8, 4) is 5.75 Å². The molecule has 2 rings (SSSR count). The number of nitrogens with one attached hydrogen (secondary N) is 1. The van der Waals surface area contributed by atoms with Crippen LogP contribution in [-0.2, 0) is 22.7 Å².